The van der Waals surface area contributed by atoms with Gasteiger partial charge in [0.05, 0.1) is 11.6 Å². The van der Waals surface area contributed by atoms with Gasteiger partial charge < -0.3 is 0 Å². The molecular weight excluding hydrogens is 364 g/mol. The Kier molecular flexibility index (Phi) is 5.05. The fourth-order valence-electron chi connectivity index (χ4n) is 4.67. The Morgan fingerprint density at radius 2 is 1.40 bits per heavy atom. The molecule has 0 spiro atoms. The second-order valence-electron chi connectivity index (χ2n) is 8.07. The first-order valence-electron chi connectivity index (χ1n) is 10.6. The van der Waals surface area contributed by atoms with Crippen molar-refractivity contribution in [3.05, 3.63) is 112 Å². The van der Waals surface area contributed by atoms with Gasteiger partial charge in [0.2, 0.25) is 0 Å². The Morgan fingerprint density at radius 1 is 0.767 bits per heavy atom. The Morgan fingerprint density at radius 3 is 2.03 bits per heavy atom. The second-order valence-corrected chi connectivity index (χ2v) is 8.07. The third-order valence-corrected chi connectivity index (χ3v) is 6.18. The van der Waals surface area contributed by atoms with Crippen molar-refractivity contribution in [2.75, 3.05) is 13.1 Å². The maximum absolute atomic E-state index is 9.16. The maximum atomic E-state index is 9.16. The summed E-state index contributed by atoms with van der Waals surface area (Å²) in [6.07, 6.45) is 6.66. The average molecular weight is 389 g/mol. The highest BCUT2D eigenvalue weighted by Crippen LogP contribution is 2.38. The molecule has 146 valence electrons. The fourth-order valence-corrected chi connectivity index (χ4v) is 4.67. The summed E-state index contributed by atoms with van der Waals surface area (Å²) in [4.78, 5) is 2.51. The van der Waals surface area contributed by atoms with Crippen LogP contribution in [-0.2, 0) is 6.54 Å². The van der Waals surface area contributed by atoms with Crippen molar-refractivity contribution in [3.8, 4) is 6.07 Å². The molecule has 3 aromatic rings. The lowest BCUT2D eigenvalue weighted by atomic mass is 9.86. The molecule has 0 unspecified atom stereocenters. The molecule has 1 heterocycles. The van der Waals surface area contributed by atoms with Crippen LogP contribution < -0.4 is 0 Å². The van der Waals surface area contributed by atoms with Gasteiger partial charge in [-0.25, -0.2) is 0 Å². The van der Waals surface area contributed by atoms with Gasteiger partial charge in [-0.2, -0.15) is 5.26 Å². The molecule has 2 heteroatoms. The number of benzene rings is 3. The van der Waals surface area contributed by atoms with Gasteiger partial charge in [0.25, 0.3) is 0 Å². The highest BCUT2D eigenvalue weighted by molar-refractivity contribution is 5.94. The third-order valence-electron chi connectivity index (χ3n) is 6.18. The van der Waals surface area contributed by atoms with E-state index in [1.54, 1.807) is 5.57 Å². The van der Waals surface area contributed by atoms with Crippen LogP contribution in [-0.4, -0.2) is 18.0 Å². The first-order chi connectivity index (χ1) is 14.8. The van der Waals surface area contributed by atoms with Crippen molar-refractivity contribution >= 4 is 17.7 Å². The van der Waals surface area contributed by atoms with Crippen LogP contribution in [0.15, 0.2) is 78.4 Å². The van der Waals surface area contributed by atoms with Crippen LogP contribution in [0.25, 0.3) is 17.7 Å². The number of hydrogen-bond acceptors (Lipinski definition) is 2. The van der Waals surface area contributed by atoms with Crippen molar-refractivity contribution in [1.82, 2.24) is 4.90 Å². The van der Waals surface area contributed by atoms with Crippen LogP contribution in [0.1, 0.15) is 46.2 Å². The van der Waals surface area contributed by atoms with Gasteiger partial charge in [-0.05, 0) is 58.4 Å². The van der Waals surface area contributed by atoms with E-state index in [2.05, 4.69) is 77.7 Å². The lowest BCUT2D eigenvalue weighted by Gasteiger charge is -2.30. The van der Waals surface area contributed by atoms with Gasteiger partial charge in [-0.3, -0.25) is 4.90 Å². The SMILES string of the molecule is N#Cc1cccc(CN2CCC(=C3c4ccccc4C=Cc4ccccc43)CC2)c1. The molecule has 30 heavy (non-hydrogen) atoms. The lowest BCUT2D eigenvalue weighted by Crippen LogP contribution is -2.30. The average Bonchev–Trinajstić information content (AvgIpc) is 2.97. The van der Waals surface area contributed by atoms with Crippen molar-refractivity contribution in [2.45, 2.75) is 19.4 Å². The summed E-state index contributed by atoms with van der Waals surface area (Å²) in [5.41, 5.74) is 10.2. The zero-order chi connectivity index (χ0) is 20.3. The van der Waals surface area contributed by atoms with Crippen molar-refractivity contribution in [3.63, 3.8) is 0 Å². The van der Waals surface area contributed by atoms with E-state index in [9.17, 15) is 0 Å². The van der Waals surface area contributed by atoms with Crippen LogP contribution in [0.2, 0.25) is 0 Å². The van der Waals surface area contributed by atoms with E-state index < -0.39 is 0 Å². The second kappa shape index (κ2) is 8.14. The number of rotatable bonds is 2. The summed E-state index contributed by atoms with van der Waals surface area (Å²) in [6.45, 7) is 3.01. The van der Waals surface area contributed by atoms with E-state index in [1.807, 2.05) is 18.2 Å². The quantitative estimate of drug-likeness (QED) is 0.412. The summed E-state index contributed by atoms with van der Waals surface area (Å²) >= 11 is 0. The Balaban J connectivity index is 1.45. The number of likely N-dealkylation sites (tertiary alicyclic amines) is 1. The van der Waals surface area contributed by atoms with E-state index in [1.165, 1.54) is 33.4 Å². The van der Waals surface area contributed by atoms with Crippen molar-refractivity contribution in [1.29, 1.82) is 5.26 Å². The lowest BCUT2D eigenvalue weighted by molar-refractivity contribution is 0.248. The highest BCUT2D eigenvalue weighted by Gasteiger charge is 2.22. The smallest absolute Gasteiger partial charge is 0.0991 e. The zero-order valence-corrected chi connectivity index (χ0v) is 17.0. The molecule has 1 aliphatic heterocycles. The summed E-state index contributed by atoms with van der Waals surface area (Å²) in [6, 6.07) is 27.8. The first kappa shape index (κ1) is 18.6. The van der Waals surface area contributed by atoms with Crippen LogP contribution >= 0.6 is 0 Å². The molecule has 0 saturated carbocycles. The number of nitriles is 1. The minimum absolute atomic E-state index is 0.742. The molecule has 1 saturated heterocycles. The summed E-state index contributed by atoms with van der Waals surface area (Å²) in [7, 11) is 0. The number of nitrogens with zero attached hydrogens (tertiary/aromatic N) is 2. The molecule has 2 aliphatic rings. The molecule has 0 atom stereocenters. The maximum Gasteiger partial charge on any atom is 0.0991 e. The number of hydrogen-bond donors (Lipinski definition) is 0. The van der Waals surface area contributed by atoms with Crippen LogP contribution in [0, 0.1) is 11.3 Å². The van der Waals surface area contributed by atoms with Gasteiger partial charge >= 0.3 is 0 Å². The van der Waals surface area contributed by atoms with Crippen molar-refractivity contribution < 1.29 is 0 Å². The predicted molar refractivity (Wildman–Crippen MR) is 124 cm³/mol. The minimum Gasteiger partial charge on any atom is -0.298 e. The third kappa shape index (κ3) is 3.61. The Bertz CT molecular complexity index is 1130. The van der Waals surface area contributed by atoms with E-state index in [0.29, 0.717) is 0 Å². The van der Waals surface area contributed by atoms with Gasteiger partial charge in [-0.1, -0.05) is 78.4 Å². The molecule has 0 aromatic heterocycles. The Hall–Kier alpha value is -3.41. The van der Waals surface area contributed by atoms with Gasteiger partial charge in [0.1, 0.15) is 0 Å². The fraction of sp³-hybridized carbons (Fsp3) is 0.179. The molecule has 2 nitrogen and oxygen atoms in total. The molecule has 0 radical (unpaired) electrons. The molecule has 1 fully saturated rings. The van der Waals surface area contributed by atoms with Gasteiger partial charge in [0.15, 0.2) is 0 Å². The highest BCUT2D eigenvalue weighted by atomic mass is 15.1. The minimum atomic E-state index is 0.742. The van der Waals surface area contributed by atoms with Crippen LogP contribution in [0.3, 0.4) is 0 Å². The monoisotopic (exact) mass is 388 g/mol. The Labute approximate surface area is 178 Å². The summed E-state index contributed by atoms with van der Waals surface area (Å²) in [5, 5.41) is 9.16. The molecule has 1 aliphatic carbocycles. The van der Waals surface area contributed by atoms with E-state index >= 15 is 0 Å². The largest absolute Gasteiger partial charge is 0.298 e. The van der Waals surface area contributed by atoms with Gasteiger partial charge in [-0.15, -0.1) is 0 Å². The predicted octanol–water partition coefficient (Wildman–Crippen LogP) is 6.14. The standard InChI is InChI=1S/C28H24N2/c29-19-21-6-5-7-22(18-21)20-30-16-14-25(15-17-30)28-26-10-3-1-8-23(26)12-13-24-9-2-4-11-27(24)28/h1-13,18H,14-17,20H2. The number of piperidine rings is 1. The topological polar surface area (TPSA) is 27.0 Å². The molecule has 0 bridgehead atoms. The number of fused-ring (bicyclic) bond motifs is 2. The summed E-state index contributed by atoms with van der Waals surface area (Å²) < 4.78 is 0. The normalized spacial score (nSPS) is 15.8. The van der Waals surface area contributed by atoms with Crippen LogP contribution in [0.5, 0.6) is 0 Å². The van der Waals surface area contributed by atoms with Crippen LogP contribution in [0.4, 0.5) is 0 Å². The van der Waals surface area contributed by atoms with E-state index in [0.717, 1.165) is 38.0 Å². The zero-order valence-electron chi connectivity index (χ0n) is 17.0. The molecule has 5 rings (SSSR count). The molecule has 3 aromatic carbocycles. The van der Waals surface area contributed by atoms with E-state index in [-0.39, 0.29) is 0 Å². The molecule has 0 amide bonds. The summed E-state index contributed by atoms with van der Waals surface area (Å²) in [5.74, 6) is 0. The van der Waals surface area contributed by atoms with Crippen molar-refractivity contribution in [2.24, 2.45) is 0 Å². The van der Waals surface area contributed by atoms with Gasteiger partial charge in [0, 0.05) is 19.6 Å². The molecule has 0 N–H and O–H groups in total. The molecular formula is C28H24N2. The first-order valence-corrected chi connectivity index (χ1v) is 10.6. The van der Waals surface area contributed by atoms with E-state index in [4.69, 9.17) is 5.26 Å².